The van der Waals surface area contributed by atoms with Crippen LogP contribution in [0.1, 0.15) is 13.8 Å². The van der Waals surface area contributed by atoms with E-state index in [-0.39, 0.29) is 18.2 Å². The topological polar surface area (TPSA) is 95.6 Å². The summed E-state index contributed by atoms with van der Waals surface area (Å²) in [6, 6.07) is 5.59. The van der Waals surface area contributed by atoms with E-state index in [1.54, 1.807) is 25.6 Å². The molecule has 0 N–H and O–H groups in total. The Hall–Kier alpha value is -3.20. The van der Waals surface area contributed by atoms with Crippen LogP contribution in [0.2, 0.25) is 0 Å². The second-order valence-electron chi connectivity index (χ2n) is 6.85. The van der Waals surface area contributed by atoms with Crippen molar-refractivity contribution in [2.24, 2.45) is 0 Å². The fraction of sp³-hybridized carbons (Fsp3) is 0.400. The highest BCUT2D eigenvalue weighted by atomic mass is 16.5. The number of hydrogen-bond acceptors (Lipinski definition) is 9. The van der Waals surface area contributed by atoms with Crippen molar-refractivity contribution in [2.75, 3.05) is 32.2 Å². The summed E-state index contributed by atoms with van der Waals surface area (Å²) in [4.78, 5) is 20.1. The predicted molar refractivity (Wildman–Crippen MR) is 106 cm³/mol. The van der Waals surface area contributed by atoms with Crippen molar-refractivity contribution in [2.45, 2.75) is 26.1 Å². The zero-order chi connectivity index (χ0) is 20.4. The third kappa shape index (κ3) is 4.00. The molecule has 0 saturated carbocycles. The van der Waals surface area contributed by atoms with Gasteiger partial charge < -0.3 is 23.5 Å². The lowest BCUT2D eigenvalue weighted by Gasteiger charge is -2.35. The van der Waals surface area contributed by atoms with Crippen LogP contribution in [0.3, 0.4) is 0 Å². The molecular formula is C20H23N5O4. The summed E-state index contributed by atoms with van der Waals surface area (Å²) in [7, 11) is 3.05. The molecule has 0 radical (unpaired) electrons. The fourth-order valence-electron chi connectivity index (χ4n) is 3.39. The molecule has 0 aromatic carbocycles. The van der Waals surface area contributed by atoms with E-state index in [9.17, 15) is 0 Å². The third-order valence-corrected chi connectivity index (χ3v) is 4.58. The molecule has 1 fully saturated rings. The van der Waals surface area contributed by atoms with Crippen molar-refractivity contribution in [3.8, 4) is 34.6 Å². The average Bonchev–Trinajstić information content (AvgIpc) is 3.27. The largest absolute Gasteiger partial charge is 0.481 e. The van der Waals surface area contributed by atoms with Gasteiger partial charge in [-0.2, -0.15) is 9.97 Å². The molecule has 9 heteroatoms. The number of hydrogen-bond donors (Lipinski definition) is 0. The van der Waals surface area contributed by atoms with Gasteiger partial charge in [-0.1, -0.05) is 0 Å². The molecule has 0 spiro atoms. The van der Waals surface area contributed by atoms with Gasteiger partial charge in [0, 0.05) is 30.9 Å². The summed E-state index contributed by atoms with van der Waals surface area (Å²) in [6.45, 7) is 5.53. The van der Waals surface area contributed by atoms with Gasteiger partial charge in [-0.05, 0) is 26.0 Å². The molecule has 4 heterocycles. The van der Waals surface area contributed by atoms with E-state index in [2.05, 4.69) is 19.9 Å². The summed E-state index contributed by atoms with van der Waals surface area (Å²) in [5, 5.41) is 0. The summed E-state index contributed by atoms with van der Waals surface area (Å²) in [5.41, 5.74) is 1.90. The number of aromatic nitrogens is 4. The fourth-order valence-corrected chi connectivity index (χ4v) is 3.39. The van der Waals surface area contributed by atoms with Crippen molar-refractivity contribution in [1.29, 1.82) is 0 Å². The second kappa shape index (κ2) is 8.04. The Bertz CT molecular complexity index is 947. The first-order valence-corrected chi connectivity index (χ1v) is 9.36. The summed E-state index contributed by atoms with van der Waals surface area (Å²) in [6.07, 6.45) is 3.56. The van der Waals surface area contributed by atoms with Crippen LogP contribution in [0, 0.1) is 0 Å². The van der Waals surface area contributed by atoms with Gasteiger partial charge in [0.2, 0.25) is 11.8 Å². The van der Waals surface area contributed by atoms with Gasteiger partial charge in [-0.3, -0.25) is 0 Å². The molecule has 1 saturated heterocycles. The average molecular weight is 397 g/mol. The van der Waals surface area contributed by atoms with Gasteiger partial charge in [-0.25, -0.2) is 9.97 Å². The lowest BCUT2D eigenvalue weighted by atomic mass is 10.1. The molecule has 9 nitrogen and oxygen atoms in total. The molecule has 29 heavy (non-hydrogen) atoms. The Labute approximate surface area is 168 Å². The van der Waals surface area contributed by atoms with Gasteiger partial charge in [0.25, 0.3) is 0 Å². The molecule has 0 bridgehead atoms. The van der Waals surface area contributed by atoms with E-state index >= 15 is 0 Å². The number of ether oxygens (including phenoxy) is 3. The number of anilines is 1. The molecule has 1 aliphatic rings. The quantitative estimate of drug-likeness (QED) is 0.644. The molecule has 3 aromatic heterocycles. The molecular weight excluding hydrogens is 374 g/mol. The molecule has 1 aliphatic heterocycles. The van der Waals surface area contributed by atoms with E-state index in [0.29, 0.717) is 34.5 Å². The van der Waals surface area contributed by atoms with Crippen molar-refractivity contribution in [1.82, 2.24) is 19.9 Å². The maximum atomic E-state index is 5.82. The van der Waals surface area contributed by atoms with Crippen molar-refractivity contribution >= 4 is 5.95 Å². The molecule has 152 valence electrons. The van der Waals surface area contributed by atoms with Crippen molar-refractivity contribution in [3.05, 3.63) is 30.7 Å². The number of rotatable bonds is 5. The number of morpholine rings is 1. The van der Waals surface area contributed by atoms with E-state index in [4.69, 9.17) is 23.6 Å². The van der Waals surface area contributed by atoms with Crippen LogP contribution in [-0.4, -0.2) is 59.5 Å². The van der Waals surface area contributed by atoms with Crippen LogP contribution < -0.4 is 14.4 Å². The molecule has 0 aliphatic carbocycles. The van der Waals surface area contributed by atoms with Gasteiger partial charge in [0.1, 0.15) is 5.69 Å². The highest BCUT2D eigenvalue weighted by Crippen LogP contribution is 2.33. The van der Waals surface area contributed by atoms with E-state index in [0.717, 1.165) is 13.1 Å². The van der Waals surface area contributed by atoms with Crippen LogP contribution in [-0.2, 0) is 4.74 Å². The van der Waals surface area contributed by atoms with E-state index in [1.165, 1.54) is 7.11 Å². The Morgan fingerprint density at radius 2 is 1.86 bits per heavy atom. The standard InChI is InChI=1S/C20H23N5O4/c1-12-10-25(11-13(2)29-12)19-21-9-14(18(24-19)16-6-5-7-28-16)15-8-17(26-3)23-20(22-15)27-4/h5-9,12-13H,10-11H2,1-4H3/t12-,13-/m1/s1. The zero-order valence-electron chi connectivity index (χ0n) is 16.8. The monoisotopic (exact) mass is 397 g/mol. The lowest BCUT2D eigenvalue weighted by Crippen LogP contribution is -2.46. The minimum atomic E-state index is 0.101. The maximum Gasteiger partial charge on any atom is 0.320 e. The van der Waals surface area contributed by atoms with E-state index < -0.39 is 0 Å². The van der Waals surface area contributed by atoms with Gasteiger partial charge in [0.05, 0.1) is 38.4 Å². The Balaban J connectivity index is 1.81. The maximum absolute atomic E-state index is 5.82. The van der Waals surface area contributed by atoms with Gasteiger partial charge >= 0.3 is 6.01 Å². The van der Waals surface area contributed by atoms with Crippen molar-refractivity contribution < 1.29 is 18.6 Å². The first kappa shape index (κ1) is 19.1. The highest BCUT2D eigenvalue weighted by Gasteiger charge is 2.26. The molecule has 0 unspecified atom stereocenters. The summed E-state index contributed by atoms with van der Waals surface area (Å²) < 4.78 is 21.9. The van der Waals surface area contributed by atoms with E-state index in [1.807, 2.05) is 26.0 Å². The van der Waals surface area contributed by atoms with Gasteiger partial charge in [-0.15, -0.1) is 0 Å². The van der Waals surface area contributed by atoms with Crippen LogP contribution in [0.4, 0.5) is 5.95 Å². The molecule has 0 amide bonds. The molecule has 2 atom stereocenters. The summed E-state index contributed by atoms with van der Waals surface area (Å²) >= 11 is 0. The summed E-state index contributed by atoms with van der Waals surface area (Å²) in [5.74, 6) is 1.63. The Morgan fingerprint density at radius 1 is 1.07 bits per heavy atom. The molecule has 3 aromatic rings. The Morgan fingerprint density at radius 3 is 2.52 bits per heavy atom. The van der Waals surface area contributed by atoms with Crippen LogP contribution >= 0.6 is 0 Å². The predicted octanol–water partition coefficient (Wildman–Crippen LogP) is 2.82. The van der Waals surface area contributed by atoms with Crippen molar-refractivity contribution in [3.63, 3.8) is 0 Å². The SMILES string of the molecule is COc1cc(-c2cnc(N3C[C@@H](C)O[C@H](C)C3)nc2-c2ccco2)nc(OC)n1. The van der Waals surface area contributed by atoms with Crippen LogP contribution in [0.15, 0.2) is 35.1 Å². The lowest BCUT2D eigenvalue weighted by molar-refractivity contribution is -0.00571. The number of methoxy groups -OCH3 is 2. The minimum Gasteiger partial charge on any atom is -0.481 e. The zero-order valence-corrected chi connectivity index (χ0v) is 16.8. The first-order valence-electron chi connectivity index (χ1n) is 9.36. The smallest absolute Gasteiger partial charge is 0.320 e. The highest BCUT2D eigenvalue weighted by molar-refractivity contribution is 5.77. The second-order valence-corrected chi connectivity index (χ2v) is 6.85. The first-order chi connectivity index (χ1) is 14.1. The van der Waals surface area contributed by atoms with Crippen LogP contribution in [0.25, 0.3) is 22.7 Å². The number of nitrogens with zero attached hydrogens (tertiary/aromatic N) is 5. The minimum absolute atomic E-state index is 0.101. The molecule has 4 rings (SSSR count). The van der Waals surface area contributed by atoms with Crippen LogP contribution in [0.5, 0.6) is 11.9 Å². The van der Waals surface area contributed by atoms with Gasteiger partial charge in [0.15, 0.2) is 5.76 Å². The Kier molecular flexibility index (Phi) is 5.30. The number of furan rings is 1. The normalized spacial score (nSPS) is 19.2. The third-order valence-electron chi connectivity index (χ3n) is 4.58.